The van der Waals surface area contributed by atoms with Crippen molar-refractivity contribution in [1.82, 2.24) is 4.90 Å². The number of hydrogen-bond acceptors (Lipinski definition) is 1. The SMILES string of the molecule is C/C=C(/C)N1CC(C)CC(C)C1. The van der Waals surface area contributed by atoms with Gasteiger partial charge in [-0.2, -0.15) is 0 Å². The topological polar surface area (TPSA) is 3.24 Å². The zero-order valence-corrected chi connectivity index (χ0v) is 8.80. The Bertz CT molecular complexity index is 162. The van der Waals surface area contributed by atoms with Gasteiger partial charge < -0.3 is 4.90 Å². The number of rotatable bonds is 1. The zero-order chi connectivity index (χ0) is 9.14. The lowest BCUT2D eigenvalue weighted by Gasteiger charge is -2.37. The highest BCUT2D eigenvalue weighted by molar-refractivity contribution is 4.97. The van der Waals surface area contributed by atoms with Gasteiger partial charge >= 0.3 is 0 Å². The van der Waals surface area contributed by atoms with Crippen LogP contribution in [0.15, 0.2) is 11.8 Å². The first-order chi connectivity index (χ1) is 5.63. The van der Waals surface area contributed by atoms with Crippen LogP contribution in [0.25, 0.3) is 0 Å². The molecule has 70 valence electrons. The second-order valence-electron chi connectivity index (χ2n) is 4.28. The highest BCUT2D eigenvalue weighted by Gasteiger charge is 2.21. The summed E-state index contributed by atoms with van der Waals surface area (Å²) in [6, 6.07) is 0. The Balaban J connectivity index is 2.55. The molecule has 0 aromatic heterocycles. The molecule has 0 bridgehead atoms. The second-order valence-corrected chi connectivity index (χ2v) is 4.28. The summed E-state index contributed by atoms with van der Waals surface area (Å²) in [6.45, 7) is 11.5. The molecule has 1 aliphatic rings. The van der Waals surface area contributed by atoms with E-state index in [4.69, 9.17) is 0 Å². The summed E-state index contributed by atoms with van der Waals surface area (Å²) in [5.74, 6) is 1.73. The van der Waals surface area contributed by atoms with Crippen molar-refractivity contribution in [3.8, 4) is 0 Å². The maximum absolute atomic E-state index is 2.51. The summed E-state index contributed by atoms with van der Waals surface area (Å²) in [5, 5.41) is 0. The minimum Gasteiger partial charge on any atom is -0.375 e. The first-order valence-corrected chi connectivity index (χ1v) is 5.01. The molecule has 0 aromatic carbocycles. The van der Waals surface area contributed by atoms with E-state index in [1.54, 1.807) is 0 Å². The summed E-state index contributed by atoms with van der Waals surface area (Å²) >= 11 is 0. The van der Waals surface area contributed by atoms with E-state index in [1.165, 1.54) is 25.2 Å². The maximum atomic E-state index is 2.51. The molecule has 0 aliphatic carbocycles. The predicted molar refractivity (Wildman–Crippen MR) is 53.9 cm³/mol. The van der Waals surface area contributed by atoms with E-state index in [-0.39, 0.29) is 0 Å². The molecule has 0 spiro atoms. The van der Waals surface area contributed by atoms with Crippen molar-refractivity contribution in [3.63, 3.8) is 0 Å². The Labute approximate surface area is 76.5 Å². The summed E-state index contributed by atoms with van der Waals surface area (Å²) in [5.41, 5.74) is 1.44. The van der Waals surface area contributed by atoms with Gasteiger partial charge in [0.25, 0.3) is 0 Å². The Morgan fingerprint density at radius 2 is 1.75 bits per heavy atom. The van der Waals surface area contributed by atoms with Gasteiger partial charge in [0.2, 0.25) is 0 Å². The smallest absolute Gasteiger partial charge is 0.0200 e. The molecule has 2 atom stereocenters. The predicted octanol–water partition coefficient (Wildman–Crippen LogP) is 2.89. The third-order valence-electron chi connectivity index (χ3n) is 2.79. The van der Waals surface area contributed by atoms with Gasteiger partial charge in [0.05, 0.1) is 0 Å². The van der Waals surface area contributed by atoms with Crippen molar-refractivity contribution in [3.05, 3.63) is 11.8 Å². The fourth-order valence-corrected chi connectivity index (χ4v) is 2.13. The standard InChI is InChI=1S/C11H21N/c1-5-11(4)12-7-9(2)6-10(3)8-12/h5,9-10H,6-8H2,1-4H3/b11-5-. The van der Waals surface area contributed by atoms with Gasteiger partial charge in [-0.25, -0.2) is 0 Å². The lowest BCUT2D eigenvalue weighted by molar-refractivity contribution is 0.178. The highest BCUT2D eigenvalue weighted by atomic mass is 15.1. The van der Waals surface area contributed by atoms with Gasteiger partial charge in [0.1, 0.15) is 0 Å². The monoisotopic (exact) mass is 167 g/mol. The molecule has 0 aromatic rings. The van der Waals surface area contributed by atoms with Gasteiger partial charge in [0, 0.05) is 18.8 Å². The minimum absolute atomic E-state index is 0.864. The number of hydrogen-bond donors (Lipinski definition) is 0. The van der Waals surface area contributed by atoms with Gasteiger partial charge in [0.15, 0.2) is 0 Å². The van der Waals surface area contributed by atoms with Crippen LogP contribution in [0.5, 0.6) is 0 Å². The molecule has 1 aliphatic heterocycles. The fourth-order valence-electron chi connectivity index (χ4n) is 2.13. The molecule has 0 N–H and O–H groups in total. The van der Waals surface area contributed by atoms with Crippen molar-refractivity contribution in [2.24, 2.45) is 11.8 Å². The Morgan fingerprint density at radius 3 is 2.17 bits per heavy atom. The van der Waals surface area contributed by atoms with Crippen LogP contribution in [-0.2, 0) is 0 Å². The molecule has 1 saturated heterocycles. The molecule has 2 unspecified atom stereocenters. The number of piperidine rings is 1. The lowest BCUT2D eigenvalue weighted by Crippen LogP contribution is -2.37. The number of allylic oxidation sites excluding steroid dienone is 2. The summed E-state index contributed by atoms with van der Waals surface area (Å²) in [7, 11) is 0. The van der Waals surface area contributed by atoms with Crippen molar-refractivity contribution >= 4 is 0 Å². The van der Waals surface area contributed by atoms with E-state index in [0.717, 1.165) is 11.8 Å². The van der Waals surface area contributed by atoms with Crippen LogP contribution in [-0.4, -0.2) is 18.0 Å². The first kappa shape index (κ1) is 9.63. The van der Waals surface area contributed by atoms with Crippen LogP contribution in [0, 0.1) is 11.8 Å². The molecule has 12 heavy (non-hydrogen) atoms. The van der Waals surface area contributed by atoms with Crippen LogP contribution in [0.3, 0.4) is 0 Å². The van der Waals surface area contributed by atoms with Crippen molar-refractivity contribution < 1.29 is 0 Å². The van der Waals surface area contributed by atoms with E-state index in [2.05, 4.69) is 38.7 Å². The van der Waals surface area contributed by atoms with Crippen molar-refractivity contribution in [2.45, 2.75) is 34.1 Å². The molecule has 0 radical (unpaired) electrons. The lowest BCUT2D eigenvalue weighted by atomic mass is 9.91. The molecule has 1 nitrogen and oxygen atoms in total. The minimum atomic E-state index is 0.864. The third kappa shape index (κ3) is 2.26. The van der Waals surface area contributed by atoms with Crippen LogP contribution in [0.2, 0.25) is 0 Å². The number of nitrogens with zero attached hydrogens (tertiary/aromatic N) is 1. The van der Waals surface area contributed by atoms with Crippen LogP contribution < -0.4 is 0 Å². The van der Waals surface area contributed by atoms with Gasteiger partial charge in [-0.15, -0.1) is 0 Å². The molecule has 0 saturated carbocycles. The average molecular weight is 167 g/mol. The third-order valence-corrected chi connectivity index (χ3v) is 2.79. The van der Waals surface area contributed by atoms with E-state index < -0.39 is 0 Å². The molecule has 1 fully saturated rings. The first-order valence-electron chi connectivity index (χ1n) is 5.01. The fraction of sp³-hybridized carbons (Fsp3) is 0.818. The molecule has 1 heteroatoms. The van der Waals surface area contributed by atoms with Crippen LogP contribution in [0.4, 0.5) is 0 Å². The van der Waals surface area contributed by atoms with E-state index in [1.807, 2.05) is 0 Å². The maximum Gasteiger partial charge on any atom is 0.0200 e. The van der Waals surface area contributed by atoms with Crippen LogP contribution in [0.1, 0.15) is 34.1 Å². The van der Waals surface area contributed by atoms with Crippen molar-refractivity contribution in [2.75, 3.05) is 13.1 Å². The van der Waals surface area contributed by atoms with E-state index in [0.29, 0.717) is 0 Å². The molecule has 1 heterocycles. The largest absolute Gasteiger partial charge is 0.375 e. The van der Waals surface area contributed by atoms with Crippen LogP contribution >= 0.6 is 0 Å². The second kappa shape index (κ2) is 3.97. The van der Waals surface area contributed by atoms with Gasteiger partial charge in [-0.3, -0.25) is 0 Å². The van der Waals surface area contributed by atoms with Gasteiger partial charge in [-0.1, -0.05) is 19.9 Å². The Morgan fingerprint density at radius 1 is 1.25 bits per heavy atom. The highest BCUT2D eigenvalue weighted by Crippen LogP contribution is 2.23. The summed E-state index contributed by atoms with van der Waals surface area (Å²) in [6.07, 6.45) is 3.61. The van der Waals surface area contributed by atoms with E-state index >= 15 is 0 Å². The van der Waals surface area contributed by atoms with Crippen molar-refractivity contribution in [1.29, 1.82) is 0 Å². The molecule has 1 rings (SSSR count). The Hall–Kier alpha value is -0.460. The van der Waals surface area contributed by atoms with Gasteiger partial charge in [-0.05, 0) is 32.1 Å². The molecular formula is C11H21N. The quantitative estimate of drug-likeness (QED) is 0.580. The summed E-state index contributed by atoms with van der Waals surface area (Å²) < 4.78 is 0. The molecule has 0 amide bonds. The summed E-state index contributed by atoms with van der Waals surface area (Å²) in [4.78, 5) is 2.51. The Kier molecular flexibility index (Phi) is 3.19. The molecular weight excluding hydrogens is 146 g/mol. The van der Waals surface area contributed by atoms with E-state index in [9.17, 15) is 0 Å². The normalized spacial score (nSPS) is 32.3. The zero-order valence-electron chi connectivity index (χ0n) is 8.80. The average Bonchev–Trinajstić information content (AvgIpc) is 2.01. The number of likely N-dealkylation sites (tertiary alicyclic amines) is 1.